The first-order valence-corrected chi connectivity index (χ1v) is 16.3. The molecule has 200 valence electrons. The maximum absolute atomic E-state index is 4.17. The van der Waals surface area contributed by atoms with Crippen LogP contribution in [0.1, 0.15) is 162 Å². The van der Waals surface area contributed by atoms with Gasteiger partial charge in [-0.1, -0.05) is 129 Å². The predicted octanol–water partition coefficient (Wildman–Crippen LogP) is 9.17. The van der Waals surface area contributed by atoms with Crippen LogP contribution in [0.25, 0.3) is 0 Å². The Kier molecular flexibility index (Phi) is 14.6. The quantitative estimate of drug-likeness (QED) is 0.205. The summed E-state index contributed by atoms with van der Waals surface area (Å²) in [5.74, 6) is 2.97. The molecule has 0 aromatic rings. The number of fused-ring (bicyclic) bond motifs is 1. The molecule has 2 aliphatic carbocycles. The zero-order valence-electron chi connectivity index (χ0n) is 23.4. The summed E-state index contributed by atoms with van der Waals surface area (Å²) in [5.41, 5.74) is 0. The van der Waals surface area contributed by atoms with E-state index in [0.717, 1.165) is 35.9 Å². The molecule has 3 fully saturated rings. The number of rotatable bonds is 17. The Morgan fingerprint density at radius 1 is 0.500 bits per heavy atom. The third-order valence-electron chi connectivity index (χ3n) is 9.88. The van der Waals surface area contributed by atoms with Crippen molar-refractivity contribution in [3.63, 3.8) is 0 Å². The Hall–Kier alpha value is -0.0800. The van der Waals surface area contributed by atoms with E-state index < -0.39 is 0 Å². The van der Waals surface area contributed by atoms with Gasteiger partial charge >= 0.3 is 0 Å². The summed E-state index contributed by atoms with van der Waals surface area (Å²) in [5, 5.41) is 8.20. The standard InChI is InChI=1S/C32H62N2/c1-3-5-7-9-11-12-14-15-17-27-19-22-29(23-20-27)32-26-33-31-25-28(21-24-30(31)34-32)18-16-13-10-8-6-4-2/h27-34H,3-26H2,1-2H3. The molecule has 4 unspecified atom stereocenters. The molecule has 2 N–H and O–H groups in total. The highest BCUT2D eigenvalue weighted by atomic mass is 15.1. The molecule has 0 aromatic carbocycles. The van der Waals surface area contributed by atoms with Gasteiger partial charge in [0.15, 0.2) is 0 Å². The van der Waals surface area contributed by atoms with Gasteiger partial charge in [-0.2, -0.15) is 0 Å². The van der Waals surface area contributed by atoms with E-state index in [0.29, 0.717) is 0 Å². The molecule has 3 aliphatic rings. The van der Waals surface area contributed by atoms with Crippen molar-refractivity contribution in [2.45, 2.75) is 180 Å². The van der Waals surface area contributed by atoms with Gasteiger partial charge in [0, 0.05) is 24.7 Å². The topological polar surface area (TPSA) is 24.1 Å². The number of piperazine rings is 1. The van der Waals surface area contributed by atoms with Gasteiger partial charge in [0.25, 0.3) is 0 Å². The fourth-order valence-electron chi connectivity index (χ4n) is 7.52. The minimum absolute atomic E-state index is 0.750. The Morgan fingerprint density at radius 3 is 1.65 bits per heavy atom. The summed E-state index contributed by atoms with van der Waals surface area (Å²) in [6.07, 6.45) is 33.7. The molecular formula is C32H62N2. The lowest BCUT2D eigenvalue weighted by Gasteiger charge is -2.47. The van der Waals surface area contributed by atoms with Crippen molar-refractivity contribution < 1.29 is 0 Å². The molecule has 4 atom stereocenters. The molecule has 2 nitrogen and oxygen atoms in total. The highest BCUT2D eigenvalue weighted by molar-refractivity contribution is 4.98. The molecular weight excluding hydrogens is 412 g/mol. The highest BCUT2D eigenvalue weighted by Crippen LogP contribution is 2.36. The summed E-state index contributed by atoms with van der Waals surface area (Å²) in [6.45, 7) is 5.87. The summed E-state index contributed by atoms with van der Waals surface area (Å²) >= 11 is 0. The van der Waals surface area contributed by atoms with Crippen LogP contribution in [-0.4, -0.2) is 24.7 Å². The van der Waals surface area contributed by atoms with Crippen molar-refractivity contribution in [2.75, 3.05) is 6.54 Å². The first-order chi connectivity index (χ1) is 16.8. The van der Waals surface area contributed by atoms with Gasteiger partial charge in [-0.15, -0.1) is 0 Å². The number of hydrogen-bond acceptors (Lipinski definition) is 2. The van der Waals surface area contributed by atoms with Crippen molar-refractivity contribution in [1.29, 1.82) is 0 Å². The molecule has 2 heteroatoms. The number of hydrogen-bond donors (Lipinski definition) is 2. The van der Waals surface area contributed by atoms with Gasteiger partial charge in [-0.25, -0.2) is 0 Å². The van der Waals surface area contributed by atoms with Crippen LogP contribution < -0.4 is 10.6 Å². The lowest BCUT2D eigenvalue weighted by Crippen LogP contribution is -2.64. The maximum atomic E-state index is 4.17. The molecule has 1 aliphatic heterocycles. The Labute approximate surface area is 214 Å². The first-order valence-electron chi connectivity index (χ1n) is 16.3. The smallest absolute Gasteiger partial charge is 0.0224 e. The molecule has 1 saturated heterocycles. The average Bonchev–Trinajstić information content (AvgIpc) is 2.88. The van der Waals surface area contributed by atoms with Crippen LogP contribution in [0.4, 0.5) is 0 Å². The third kappa shape index (κ3) is 10.5. The van der Waals surface area contributed by atoms with Crippen molar-refractivity contribution in [3.8, 4) is 0 Å². The van der Waals surface area contributed by atoms with Crippen LogP contribution >= 0.6 is 0 Å². The van der Waals surface area contributed by atoms with E-state index in [1.165, 1.54) is 154 Å². The fourth-order valence-corrected chi connectivity index (χ4v) is 7.52. The van der Waals surface area contributed by atoms with Crippen LogP contribution in [0, 0.1) is 17.8 Å². The second-order valence-corrected chi connectivity index (χ2v) is 12.7. The zero-order valence-corrected chi connectivity index (χ0v) is 23.4. The van der Waals surface area contributed by atoms with E-state index in [1.54, 1.807) is 0 Å². The average molecular weight is 475 g/mol. The summed E-state index contributed by atoms with van der Waals surface area (Å²) < 4.78 is 0. The lowest BCUT2D eigenvalue weighted by molar-refractivity contribution is 0.122. The van der Waals surface area contributed by atoms with E-state index in [9.17, 15) is 0 Å². The van der Waals surface area contributed by atoms with Gasteiger partial charge in [-0.05, 0) is 49.9 Å². The summed E-state index contributed by atoms with van der Waals surface area (Å²) in [6, 6.07) is 2.27. The van der Waals surface area contributed by atoms with E-state index in [-0.39, 0.29) is 0 Å². The third-order valence-corrected chi connectivity index (χ3v) is 9.88. The van der Waals surface area contributed by atoms with E-state index >= 15 is 0 Å². The zero-order chi connectivity index (χ0) is 23.8. The first kappa shape index (κ1) is 28.5. The predicted molar refractivity (Wildman–Crippen MR) is 151 cm³/mol. The maximum Gasteiger partial charge on any atom is 0.0224 e. The Morgan fingerprint density at radius 2 is 1.03 bits per heavy atom. The van der Waals surface area contributed by atoms with Gasteiger partial charge in [0.2, 0.25) is 0 Å². The van der Waals surface area contributed by atoms with Crippen LogP contribution in [0.5, 0.6) is 0 Å². The number of unbranched alkanes of at least 4 members (excludes halogenated alkanes) is 12. The lowest BCUT2D eigenvalue weighted by atomic mass is 9.74. The van der Waals surface area contributed by atoms with Crippen LogP contribution in [0.3, 0.4) is 0 Å². The largest absolute Gasteiger partial charge is 0.311 e. The molecule has 0 bridgehead atoms. The minimum Gasteiger partial charge on any atom is -0.311 e. The van der Waals surface area contributed by atoms with Crippen molar-refractivity contribution in [1.82, 2.24) is 10.6 Å². The molecule has 2 saturated carbocycles. The minimum atomic E-state index is 0.750. The van der Waals surface area contributed by atoms with Crippen LogP contribution in [-0.2, 0) is 0 Å². The highest BCUT2D eigenvalue weighted by Gasteiger charge is 2.38. The number of nitrogens with one attached hydrogen (secondary N) is 2. The second-order valence-electron chi connectivity index (χ2n) is 12.7. The van der Waals surface area contributed by atoms with Gasteiger partial charge < -0.3 is 10.6 Å². The van der Waals surface area contributed by atoms with Crippen molar-refractivity contribution in [2.24, 2.45) is 17.8 Å². The molecule has 34 heavy (non-hydrogen) atoms. The fraction of sp³-hybridized carbons (Fsp3) is 1.00. The molecule has 0 radical (unpaired) electrons. The molecule has 0 amide bonds. The van der Waals surface area contributed by atoms with E-state index in [1.807, 2.05) is 0 Å². The second kappa shape index (κ2) is 17.4. The van der Waals surface area contributed by atoms with Crippen molar-refractivity contribution >= 4 is 0 Å². The van der Waals surface area contributed by atoms with Gasteiger partial charge in [0.05, 0.1) is 0 Å². The summed E-state index contributed by atoms with van der Waals surface area (Å²) in [7, 11) is 0. The SMILES string of the molecule is CCCCCCCCCCC1CCC(C2CNC3CC(CCCCCCCC)CCC3N2)CC1. The molecule has 1 heterocycles. The van der Waals surface area contributed by atoms with E-state index in [4.69, 9.17) is 0 Å². The Balaban J connectivity index is 1.22. The van der Waals surface area contributed by atoms with Crippen LogP contribution in [0.15, 0.2) is 0 Å². The normalized spacial score (nSPS) is 31.9. The molecule has 0 spiro atoms. The van der Waals surface area contributed by atoms with E-state index in [2.05, 4.69) is 24.5 Å². The molecule has 3 rings (SSSR count). The monoisotopic (exact) mass is 474 g/mol. The van der Waals surface area contributed by atoms with Gasteiger partial charge in [-0.3, -0.25) is 0 Å². The molecule has 0 aromatic heterocycles. The van der Waals surface area contributed by atoms with Crippen LogP contribution in [0.2, 0.25) is 0 Å². The Bertz CT molecular complexity index is 483. The summed E-state index contributed by atoms with van der Waals surface area (Å²) in [4.78, 5) is 0. The van der Waals surface area contributed by atoms with Crippen molar-refractivity contribution in [3.05, 3.63) is 0 Å². The van der Waals surface area contributed by atoms with Gasteiger partial charge in [0.1, 0.15) is 0 Å².